The van der Waals surface area contributed by atoms with Crippen molar-refractivity contribution >= 4 is 21.6 Å². The lowest BCUT2D eigenvalue weighted by Gasteiger charge is -2.16. The molecule has 0 radical (unpaired) electrons. The second kappa shape index (κ2) is 7.24. The second-order valence-electron chi connectivity index (χ2n) is 4.20. The maximum Gasteiger partial charge on any atom is 0.244 e. The zero-order valence-electron chi connectivity index (χ0n) is 11.6. The summed E-state index contributed by atoms with van der Waals surface area (Å²) in [6, 6.07) is 2.91. The number of hydrogen-bond acceptors (Lipinski definition) is 5. The summed E-state index contributed by atoms with van der Waals surface area (Å²) in [7, 11) is -0.865. The molecular formula is C12H19ClN2O4S. The van der Waals surface area contributed by atoms with E-state index in [4.69, 9.17) is 26.8 Å². The van der Waals surface area contributed by atoms with E-state index >= 15 is 0 Å². The molecular weight excluding hydrogens is 304 g/mol. The number of sulfonamides is 1. The Bertz CT molecular complexity index is 563. The quantitative estimate of drug-likeness (QED) is 0.785. The first-order valence-corrected chi connectivity index (χ1v) is 7.80. The van der Waals surface area contributed by atoms with Gasteiger partial charge < -0.3 is 15.2 Å². The van der Waals surface area contributed by atoms with Gasteiger partial charge in [0.1, 0.15) is 10.6 Å². The molecule has 8 heteroatoms. The molecule has 1 aromatic carbocycles. The molecule has 0 amide bonds. The van der Waals surface area contributed by atoms with Gasteiger partial charge >= 0.3 is 0 Å². The summed E-state index contributed by atoms with van der Waals surface area (Å²) in [5, 5.41) is 0.284. The molecule has 1 rings (SSSR count). The first kappa shape index (κ1) is 17.2. The highest BCUT2D eigenvalue weighted by atomic mass is 35.5. The molecule has 0 aromatic heterocycles. The van der Waals surface area contributed by atoms with E-state index in [1.54, 1.807) is 13.0 Å². The Morgan fingerprint density at radius 1 is 1.40 bits per heavy atom. The van der Waals surface area contributed by atoms with E-state index in [2.05, 4.69) is 4.72 Å². The van der Waals surface area contributed by atoms with Crippen LogP contribution in [0.2, 0.25) is 5.02 Å². The number of methoxy groups -OCH3 is 2. The minimum absolute atomic E-state index is 0.0312. The van der Waals surface area contributed by atoms with E-state index in [0.29, 0.717) is 5.56 Å². The van der Waals surface area contributed by atoms with Crippen LogP contribution in [0.4, 0.5) is 0 Å². The lowest BCUT2D eigenvalue weighted by atomic mass is 10.2. The zero-order valence-corrected chi connectivity index (χ0v) is 13.2. The third-order valence-corrected chi connectivity index (χ3v) is 4.42. The first-order chi connectivity index (χ1) is 9.35. The Morgan fingerprint density at radius 2 is 2.05 bits per heavy atom. The van der Waals surface area contributed by atoms with Crippen molar-refractivity contribution in [1.82, 2.24) is 4.72 Å². The van der Waals surface area contributed by atoms with E-state index in [9.17, 15) is 8.42 Å². The van der Waals surface area contributed by atoms with Crippen LogP contribution in [0.3, 0.4) is 0 Å². The Hall–Kier alpha value is -0.860. The molecule has 0 aliphatic rings. The molecule has 0 spiro atoms. The van der Waals surface area contributed by atoms with Crippen molar-refractivity contribution in [2.24, 2.45) is 5.73 Å². The topological polar surface area (TPSA) is 90.7 Å². The lowest BCUT2D eigenvalue weighted by molar-refractivity contribution is 0.122. The van der Waals surface area contributed by atoms with Crippen molar-refractivity contribution in [3.05, 3.63) is 22.7 Å². The Balaban J connectivity index is 3.20. The maximum atomic E-state index is 12.3. The van der Waals surface area contributed by atoms with Crippen molar-refractivity contribution in [2.45, 2.75) is 24.5 Å². The van der Waals surface area contributed by atoms with Crippen molar-refractivity contribution in [3.63, 3.8) is 0 Å². The van der Waals surface area contributed by atoms with Gasteiger partial charge in [-0.25, -0.2) is 13.1 Å². The molecule has 0 heterocycles. The molecule has 114 valence electrons. The molecule has 1 atom stereocenters. The molecule has 3 N–H and O–H groups in total. The van der Waals surface area contributed by atoms with Crippen LogP contribution in [0.1, 0.15) is 12.5 Å². The van der Waals surface area contributed by atoms with Gasteiger partial charge in [-0.05, 0) is 19.1 Å². The second-order valence-corrected chi connectivity index (χ2v) is 6.37. The highest BCUT2D eigenvalue weighted by molar-refractivity contribution is 7.89. The van der Waals surface area contributed by atoms with Crippen LogP contribution >= 0.6 is 11.6 Å². The van der Waals surface area contributed by atoms with Gasteiger partial charge in [-0.1, -0.05) is 11.6 Å². The Kier molecular flexibility index (Phi) is 6.22. The number of ether oxygens (including phenoxy) is 2. The number of hydrogen-bond donors (Lipinski definition) is 2. The predicted molar refractivity (Wildman–Crippen MR) is 77.6 cm³/mol. The van der Waals surface area contributed by atoms with Gasteiger partial charge in [-0.3, -0.25) is 0 Å². The molecule has 0 aliphatic carbocycles. The number of benzene rings is 1. The third kappa shape index (κ3) is 4.07. The van der Waals surface area contributed by atoms with Gasteiger partial charge in [-0.2, -0.15) is 0 Å². The first-order valence-electron chi connectivity index (χ1n) is 5.94. The van der Waals surface area contributed by atoms with Crippen molar-refractivity contribution in [1.29, 1.82) is 0 Å². The van der Waals surface area contributed by atoms with Crippen molar-refractivity contribution in [2.75, 3.05) is 20.8 Å². The number of nitrogens with two attached hydrogens (primary N) is 1. The van der Waals surface area contributed by atoms with Crippen molar-refractivity contribution in [3.8, 4) is 5.75 Å². The summed E-state index contributed by atoms with van der Waals surface area (Å²) in [6.07, 6.45) is -0.246. The summed E-state index contributed by atoms with van der Waals surface area (Å²) >= 11 is 5.93. The highest BCUT2D eigenvalue weighted by Crippen LogP contribution is 2.31. The molecule has 0 saturated heterocycles. The fourth-order valence-corrected chi connectivity index (χ4v) is 3.25. The minimum atomic E-state index is -3.76. The molecule has 0 aliphatic heterocycles. The van der Waals surface area contributed by atoms with Gasteiger partial charge in [-0.15, -0.1) is 0 Å². The number of rotatable bonds is 7. The third-order valence-electron chi connectivity index (χ3n) is 2.77. The van der Waals surface area contributed by atoms with E-state index in [1.165, 1.54) is 20.3 Å². The fourth-order valence-electron chi connectivity index (χ4n) is 1.59. The SMILES string of the molecule is COc1c(CN)cc(Cl)cc1S(=O)(=O)NCC(C)OC. The summed E-state index contributed by atoms with van der Waals surface area (Å²) in [6.45, 7) is 2.02. The molecule has 6 nitrogen and oxygen atoms in total. The number of halogens is 1. The van der Waals surface area contributed by atoms with Gasteiger partial charge in [0.25, 0.3) is 0 Å². The van der Waals surface area contributed by atoms with E-state index < -0.39 is 10.0 Å². The molecule has 0 fully saturated rings. The van der Waals surface area contributed by atoms with Crippen molar-refractivity contribution < 1.29 is 17.9 Å². The summed E-state index contributed by atoms with van der Waals surface area (Å²) in [5.74, 6) is 0.203. The highest BCUT2D eigenvalue weighted by Gasteiger charge is 2.23. The average Bonchev–Trinajstić information content (AvgIpc) is 2.43. The normalized spacial score (nSPS) is 13.2. The smallest absolute Gasteiger partial charge is 0.244 e. The molecule has 0 bridgehead atoms. The van der Waals surface area contributed by atoms with Crippen LogP contribution in [-0.2, 0) is 21.3 Å². The largest absolute Gasteiger partial charge is 0.495 e. The Labute approximate surface area is 124 Å². The standard InChI is InChI=1S/C12H19ClN2O4S/c1-8(18-2)7-15-20(16,17)11-5-10(13)4-9(6-14)12(11)19-3/h4-5,8,15H,6-7,14H2,1-3H3. The summed E-state index contributed by atoms with van der Waals surface area (Å²) in [4.78, 5) is -0.0312. The van der Waals surface area contributed by atoms with Crippen LogP contribution in [-0.4, -0.2) is 35.3 Å². The average molecular weight is 323 g/mol. The van der Waals surface area contributed by atoms with E-state index in [1.807, 2.05) is 0 Å². The van der Waals surface area contributed by atoms with E-state index in [0.717, 1.165) is 0 Å². The monoisotopic (exact) mass is 322 g/mol. The van der Waals surface area contributed by atoms with Crippen LogP contribution in [0.5, 0.6) is 5.75 Å². The minimum Gasteiger partial charge on any atom is -0.495 e. The van der Waals surface area contributed by atoms with Gasteiger partial charge in [0.05, 0.1) is 13.2 Å². The molecule has 0 saturated carbocycles. The Morgan fingerprint density at radius 3 is 2.55 bits per heavy atom. The van der Waals surface area contributed by atoms with Crippen LogP contribution in [0.25, 0.3) is 0 Å². The van der Waals surface area contributed by atoms with Gasteiger partial charge in [0, 0.05) is 30.8 Å². The van der Waals surface area contributed by atoms with Gasteiger partial charge in [0.15, 0.2) is 0 Å². The van der Waals surface area contributed by atoms with Crippen LogP contribution < -0.4 is 15.2 Å². The van der Waals surface area contributed by atoms with Crippen LogP contribution in [0, 0.1) is 0 Å². The zero-order chi connectivity index (χ0) is 15.3. The van der Waals surface area contributed by atoms with Gasteiger partial charge in [0.2, 0.25) is 10.0 Å². The molecule has 20 heavy (non-hydrogen) atoms. The molecule has 1 aromatic rings. The molecule has 1 unspecified atom stereocenters. The lowest BCUT2D eigenvalue weighted by Crippen LogP contribution is -2.32. The van der Waals surface area contributed by atoms with E-state index in [-0.39, 0.29) is 34.9 Å². The summed E-state index contributed by atoms with van der Waals surface area (Å²) < 4.78 is 37.2. The van der Waals surface area contributed by atoms with Crippen LogP contribution in [0.15, 0.2) is 17.0 Å². The number of nitrogens with one attached hydrogen (secondary N) is 1. The summed E-state index contributed by atoms with van der Waals surface area (Å²) in [5.41, 5.74) is 6.11. The maximum absolute atomic E-state index is 12.3. The fraction of sp³-hybridized carbons (Fsp3) is 0.500. The predicted octanol–water partition coefficient (Wildman–Crippen LogP) is 1.12.